The molecule has 0 spiro atoms. The minimum Gasteiger partial charge on any atom is -0.383 e. The topological polar surface area (TPSA) is 132 Å². The number of aromatic nitrogens is 1. The van der Waals surface area contributed by atoms with Crippen molar-refractivity contribution in [1.82, 2.24) is 4.98 Å². The summed E-state index contributed by atoms with van der Waals surface area (Å²) < 4.78 is 0. The predicted molar refractivity (Wildman–Crippen MR) is 77.3 cm³/mol. The van der Waals surface area contributed by atoms with Crippen molar-refractivity contribution in [2.75, 3.05) is 11.1 Å². The standard InChI is InChI=1S/C13H12N6O/c14-10-6(12(16)20)5-7-11(15)17-8-3-1-2-4-9(8)18-13(7)19-10/h1-5H,(H2,15,17)(H2,16,20)(H3,14,18,19). The van der Waals surface area contributed by atoms with Crippen molar-refractivity contribution in [2.24, 2.45) is 16.5 Å². The largest absolute Gasteiger partial charge is 0.383 e. The summed E-state index contributed by atoms with van der Waals surface area (Å²) >= 11 is 0. The first-order chi connectivity index (χ1) is 9.56. The van der Waals surface area contributed by atoms with Crippen LogP contribution < -0.4 is 22.5 Å². The number of nitrogens with two attached hydrogens (primary N) is 3. The monoisotopic (exact) mass is 268 g/mol. The fraction of sp³-hybridized carbons (Fsp3) is 0. The number of fused-ring (bicyclic) bond motifs is 2. The number of carbonyl (C=O) groups is 1. The van der Waals surface area contributed by atoms with Gasteiger partial charge < -0.3 is 22.5 Å². The zero-order valence-electron chi connectivity index (χ0n) is 10.4. The Kier molecular flexibility index (Phi) is 2.53. The van der Waals surface area contributed by atoms with Gasteiger partial charge in [0, 0.05) is 0 Å². The molecule has 1 aliphatic heterocycles. The van der Waals surface area contributed by atoms with Crippen LogP contribution in [0, 0.1) is 0 Å². The fourth-order valence-corrected chi connectivity index (χ4v) is 2.01. The highest BCUT2D eigenvalue weighted by Crippen LogP contribution is 2.33. The number of amides is 1. The summed E-state index contributed by atoms with van der Waals surface area (Å²) in [7, 11) is 0. The Morgan fingerprint density at radius 3 is 2.70 bits per heavy atom. The number of nitrogens with one attached hydrogen (secondary N) is 1. The molecule has 0 aliphatic carbocycles. The van der Waals surface area contributed by atoms with E-state index in [0.29, 0.717) is 17.1 Å². The number of aliphatic imine (C=N–C) groups is 1. The quantitative estimate of drug-likeness (QED) is 0.608. The molecule has 7 heteroatoms. The Morgan fingerprint density at radius 1 is 1.20 bits per heavy atom. The third-order valence-electron chi connectivity index (χ3n) is 2.99. The minimum absolute atomic E-state index is 0.0518. The molecule has 2 aromatic rings. The van der Waals surface area contributed by atoms with E-state index in [9.17, 15) is 4.79 Å². The van der Waals surface area contributed by atoms with Gasteiger partial charge in [-0.15, -0.1) is 0 Å². The van der Waals surface area contributed by atoms with Crippen molar-refractivity contribution in [3.8, 4) is 0 Å². The van der Waals surface area contributed by atoms with Gasteiger partial charge in [-0.3, -0.25) is 4.79 Å². The Labute approximate surface area is 114 Å². The summed E-state index contributed by atoms with van der Waals surface area (Å²) in [5, 5.41) is 3.10. The summed E-state index contributed by atoms with van der Waals surface area (Å²) in [5.41, 5.74) is 19.0. The lowest BCUT2D eigenvalue weighted by Crippen LogP contribution is -2.20. The van der Waals surface area contributed by atoms with Gasteiger partial charge in [-0.2, -0.15) is 0 Å². The third kappa shape index (κ3) is 1.81. The molecule has 0 radical (unpaired) electrons. The smallest absolute Gasteiger partial charge is 0.252 e. The number of anilines is 3. The molecule has 20 heavy (non-hydrogen) atoms. The second kappa shape index (κ2) is 4.23. The van der Waals surface area contributed by atoms with Crippen molar-refractivity contribution in [2.45, 2.75) is 0 Å². The number of benzene rings is 1. The molecule has 0 saturated heterocycles. The number of rotatable bonds is 1. The van der Waals surface area contributed by atoms with Crippen LogP contribution in [-0.4, -0.2) is 16.7 Å². The molecule has 1 aromatic carbocycles. The van der Waals surface area contributed by atoms with Crippen LogP contribution in [0.3, 0.4) is 0 Å². The van der Waals surface area contributed by atoms with Crippen LogP contribution in [0.5, 0.6) is 0 Å². The van der Waals surface area contributed by atoms with E-state index in [2.05, 4.69) is 15.3 Å². The molecule has 7 nitrogen and oxygen atoms in total. The van der Waals surface area contributed by atoms with Crippen LogP contribution in [0.25, 0.3) is 0 Å². The second-order valence-electron chi connectivity index (χ2n) is 4.32. The SMILES string of the molecule is NC(=O)c1cc2c(nc1N)Nc1ccccc1N=C2N. The summed E-state index contributed by atoms with van der Waals surface area (Å²) in [6, 6.07) is 8.88. The predicted octanol–water partition coefficient (Wildman–Crippen LogP) is 0.857. The van der Waals surface area contributed by atoms with Gasteiger partial charge in [-0.1, -0.05) is 12.1 Å². The van der Waals surface area contributed by atoms with E-state index in [1.54, 1.807) is 0 Å². The maximum absolute atomic E-state index is 11.3. The number of carbonyl (C=O) groups excluding carboxylic acids is 1. The molecule has 2 heterocycles. The molecule has 0 unspecified atom stereocenters. The molecule has 0 saturated carbocycles. The van der Waals surface area contributed by atoms with Crippen molar-refractivity contribution in [3.05, 3.63) is 41.5 Å². The van der Waals surface area contributed by atoms with E-state index in [1.165, 1.54) is 6.07 Å². The lowest BCUT2D eigenvalue weighted by molar-refractivity contribution is 0.100. The number of para-hydroxylation sites is 2. The number of pyridine rings is 1. The first-order valence-electron chi connectivity index (χ1n) is 5.87. The fourth-order valence-electron chi connectivity index (χ4n) is 2.01. The van der Waals surface area contributed by atoms with Crippen LogP contribution in [0.1, 0.15) is 15.9 Å². The lowest BCUT2D eigenvalue weighted by Gasteiger charge is -2.10. The number of hydrogen-bond acceptors (Lipinski definition) is 6. The Hall–Kier alpha value is -3.09. The molecule has 0 bridgehead atoms. The highest BCUT2D eigenvalue weighted by molar-refractivity contribution is 6.09. The lowest BCUT2D eigenvalue weighted by atomic mass is 10.1. The van der Waals surface area contributed by atoms with Crippen LogP contribution in [0.2, 0.25) is 0 Å². The van der Waals surface area contributed by atoms with Crippen molar-refractivity contribution < 1.29 is 4.79 Å². The summed E-state index contributed by atoms with van der Waals surface area (Å²) in [6.07, 6.45) is 0. The molecule has 3 rings (SSSR count). The van der Waals surface area contributed by atoms with Crippen LogP contribution in [0.15, 0.2) is 35.3 Å². The van der Waals surface area contributed by atoms with Crippen LogP contribution in [-0.2, 0) is 0 Å². The highest BCUT2D eigenvalue weighted by Gasteiger charge is 2.19. The van der Waals surface area contributed by atoms with Gasteiger partial charge in [0.25, 0.3) is 5.91 Å². The van der Waals surface area contributed by atoms with Crippen molar-refractivity contribution in [3.63, 3.8) is 0 Å². The highest BCUT2D eigenvalue weighted by atomic mass is 16.1. The molecule has 1 aromatic heterocycles. The third-order valence-corrected chi connectivity index (χ3v) is 2.99. The van der Waals surface area contributed by atoms with E-state index >= 15 is 0 Å². The normalized spacial score (nSPS) is 12.5. The zero-order valence-corrected chi connectivity index (χ0v) is 10.4. The minimum atomic E-state index is -0.660. The summed E-state index contributed by atoms with van der Waals surface area (Å²) in [4.78, 5) is 19.8. The van der Waals surface area contributed by atoms with Crippen LogP contribution in [0.4, 0.5) is 23.0 Å². The number of nitrogens with zero attached hydrogens (tertiary/aromatic N) is 2. The maximum Gasteiger partial charge on any atom is 0.252 e. The van der Waals surface area contributed by atoms with Gasteiger partial charge in [-0.25, -0.2) is 9.98 Å². The van der Waals surface area contributed by atoms with Crippen molar-refractivity contribution in [1.29, 1.82) is 0 Å². The molecule has 7 N–H and O–H groups in total. The van der Waals surface area contributed by atoms with Gasteiger partial charge in [0.05, 0.1) is 22.5 Å². The van der Waals surface area contributed by atoms with E-state index in [1.807, 2.05) is 24.3 Å². The van der Waals surface area contributed by atoms with E-state index in [4.69, 9.17) is 17.2 Å². The van der Waals surface area contributed by atoms with Gasteiger partial charge in [-0.05, 0) is 18.2 Å². The van der Waals surface area contributed by atoms with E-state index in [-0.39, 0.29) is 17.2 Å². The Morgan fingerprint density at radius 2 is 1.95 bits per heavy atom. The molecule has 0 atom stereocenters. The van der Waals surface area contributed by atoms with E-state index in [0.717, 1.165) is 5.69 Å². The van der Waals surface area contributed by atoms with Crippen LogP contribution >= 0.6 is 0 Å². The number of nitrogen functional groups attached to an aromatic ring is 1. The molecule has 100 valence electrons. The number of primary amides is 1. The second-order valence-corrected chi connectivity index (χ2v) is 4.32. The Bertz CT molecular complexity index is 753. The number of amidine groups is 1. The number of hydrogen-bond donors (Lipinski definition) is 4. The van der Waals surface area contributed by atoms with Crippen molar-refractivity contribution >= 4 is 34.8 Å². The maximum atomic E-state index is 11.3. The van der Waals surface area contributed by atoms with Gasteiger partial charge >= 0.3 is 0 Å². The molecular formula is C13H12N6O. The van der Waals surface area contributed by atoms with E-state index < -0.39 is 5.91 Å². The summed E-state index contributed by atoms with van der Waals surface area (Å²) in [5.74, 6) is 0.0782. The molecular weight excluding hydrogens is 256 g/mol. The first kappa shape index (κ1) is 12.0. The average Bonchev–Trinajstić information content (AvgIpc) is 2.53. The Balaban J connectivity index is 2.24. The molecule has 0 fully saturated rings. The van der Waals surface area contributed by atoms with Gasteiger partial charge in [0.15, 0.2) is 0 Å². The molecule has 1 aliphatic rings. The summed E-state index contributed by atoms with van der Waals surface area (Å²) in [6.45, 7) is 0. The van der Waals surface area contributed by atoms with Gasteiger partial charge in [0.2, 0.25) is 0 Å². The van der Waals surface area contributed by atoms with Gasteiger partial charge in [0.1, 0.15) is 17.5 Å². The average molecular weight is 268 g/mol. The molecule has 1 amide bonds. The first-order valence-corrected chi connectivity index (χ1v) is 5.87. The zero-order chi connectivity index (χ0) is 14.3.